The molecular formula is C19H23ClN2O2. The minimum atomic E-state index is -0.523. The number of nitrogens with one attached hydrogen (secondary N) is 1. The summed E-state index contributed by atoms with van der Waals surface area (Å²) < 4.78 is 5.74. The summed E-state index contributed by atoms with van der Waals surface area (Å²) in [5.74, 6) is 0.491. The van der Waals surface area contributed by atoms with Crippen molar-refractivity contribution < 1.29 is 9.53 Å². The van der Waals surface area contributed by atoms with Gasteiger partial charge in [-0.15, -0.1) is 0 Å². The van der Waals surface area contributed by atoms with E-state index >= 15 is 0 Å². The van der Waals surface area contributed by atoms with E-state index in [0.717, 1.165) is 12.2 Å². The number of halogens is 1. The number of hydrogen-bond acceptors (Lipinski definition) is 3. The molecule has 0 saturated heterocycles. The summed E-state index contributed by atoms with van der Waals surface area (Å²) >= 11 is 5.94. The third-order valence-corrected chi connectivity index (χ3v) is 3.92. The predicted octanol–water partition coefficient (Wildman–Crippen LogP) is 3.75. The Morgan fingerprint density at radius 2 is 1.96 bits per heavy atom. The van der Waals surface area contributed by atoms with Crippen LogP contribution in [-0.2, 0) is 4.79 Å². The molecule has 5 heteroatoms. The van der Waals surface area contributed by atoms with E-state index in [1.165, 1.54) is 0 Å². The molecule has 2 aromatic rings. The molecule has 0 saturated carbocycles. The van der Waals surface area contributed by atoms with E-state index in [4.69, 9.17) is 16.3 Å². The minimum absolute atomic E-state index is 0.112. The number of para-hydroxylation sites is 1. The van der Waals surface area contributed by atoms with Crippen molar-refractivity contribution in [2.75, 3.05) is 25.0 Å². The Balaban J connectivity index is 1.81. The number of nitrogens with zero attached hydrogens (tertiary/aromatic N) is 1. The van der Waals surface area contributed by atoms with Gasteiger partial charge in [-0.05, 0) is 36.8 Å². The topological polar surface area (TPSA) is 41.6 Å². The van der Waals surface area contributed by atoms with Crippen molar-refractivity contribution in [3.05, 3.63) is 59.6 Å². The summed E-state index contributed by atoms with van der Waals surface area (Å²) in [6.45, 7) is 3.20. The Labute approximate surface area is 148 Å². The molecule has 4 nitrogen and oxygen atoms in total. The molecule has 1 N–H and O–H groups in total. The van der Waals surface area contributed by atoms with E-state index < -0.39 is 6.10 Å². The quantitative estimate of drug-likeness (QED) is 0.791. The average molecular weight is 347 g/mol. The van der Waals surface area contributed by atoms with Crippen molar-refractivity contribution in [3.63, 3.8) is 0 Å². The first-order chi connectivity index (χ1) is 11.6. The zero-order valence-corrected chi connectivity index (χ0v) is 14.8. The number of rotatable bonds is 8. The first kappa shape index (κ1) is 18.1. The molecule has 2 aromatic carbocycles. The average Bonchev–Trinajstić information content (AvgIpc) is 2.60. The van der Waals surface area contributed by atoms with Gasteiger partial charge in [-0.3, -0.25) is 4.79 Å². The normalized spacial score (nSPS) is 11.6. The van der Waals surface area contributed by atoms with Gasteiger partial charge in [0.05, 0.1) is 0 Å². The van der Waals surface area contributed by atoms with Crippen LogP contribution in [0.1, 0.15) is 13.3 Å². The second-order valence-electron chi connectivity index (χ2n) is 5.52. The highest BCUT2D eigenvalue weighted by atomic mass is 35.5. The number of anilines is 1. The number of ether oxygens (including phenoxy) is 1. The van der Waals surface area contributed by atoms with Gasteiger partial charge in [-0.1, -0.05) is 42.8 Å². The summed E-state index contributed by atoms with van der Waals surface area (Å²) in [4.78, 5) is 14.4. The number of benzene rings is 2. The van der Waals surface area contributed by atoms with Crippen LogP contribution in [-0.4, -0.2) is 32.1 Å². The molecule has 1 amide bonds. The molecule has 0 aliphatic carbocycles. The fourth-order valence-electron chi connectivity index (χ4n) is 2.30. The van der Waals surface area contributed by atoms with Gasteiger partial charge in [0.15, 0.2) is 6.10 Å². The fourth-order valence-corrected chi connectivity index (χ4v) is 2.48. The standard InChI is InChI=1S/C19H23ClN2O2/c1-3-18(24-17-11-7-8-15(20)14-17)19(23)21-12-13-22(2)16-9-5-4-6-10-16/h4-11,14,18H,3,12-13H2,1-2H3,(H,21,23). The highest BCUT2D eigenvalue weighted by Crippen LogP contribution is 2.19. The zero-order valence-electron chi connectivity index (χ0n) is 14.0. The van der Waals surface area contributed by atoms with Crippen LogP contribution in [0.15, 0.2) is 54.6 Å². The number of hydrogen-bond donors (Lipinski definition) is 1. The summed E-state index contributed by atoms with van der Waals surface area (Å²) in [5, 5.41) is 3.52. The van der Waals surface area contributed by atoms with Crippen LogP contribution < -0.4 is 15.0 Å². The number of likely N-dealkylation sites (N-methyl/N-ethyl adjacent to an activating group) is 1. The van der Waals surface area contributed by atoms with Gasteiger partial charge >= 0.3 is 0 Å². The van der Waals surface area contributed by atoms with Crippen LogP contribution in [0.3, 0.4) is 0 Å². The van der Waals surface area contributed by atoms with Gasteiger partial charge in [0.2, 0.25) is 0 Å². The molecule has 0 aromatic heterocycles. The van der Waals surface area contributed by atoms with Crippen molar-refractivity contribution in [1.82, 2.24) is 5.32 Å². The second kappa shape index (κ2) is 9.18. The van der Waals surface area contributed by atoms with E-state index in [1.54, 1.807) is 24.3 Å². The highest BCUT2D eigenvalue weighted by Gasteiger charge is 2.18. The Bertz CT molecular complexity index is 649. The van der Waals surface area contributed by atoms with Gasteiger partial charge < -0.3 is 15.0 Å². The molecule has 0 aliphatic heterocycles. The SMILES string of the molecule is CCC(Oc1cccc(Cl)c1)C(=O)NCCN(C)c1ccccc1. The molecule has 0 fully saturated rings. The molecule has 1 atom stereocenters. The largest absolute Gasteiger partial charge is 0.481 e. The van der Waals surface area contributed by atoms with Gasteiger partial charge in [0.25, 0.3) is 5.91 Å². The Morgan fingerprint density at radius 3 is 2.62 bits per heavy atom. The maximum Gasteiger partial charge on any atom is 0.261 e. The first-order valence-corrected chi connectivity index (χ1v) is 8.44. The maximum atomic E-state index is 12.3. The second-order valence-corrected chi connectivity index (χ2v) is 5.96. The van der Waals surface area contributed by atoms with Gasteiger partial charge in [0.1, 0.15) is 5.75 Å². The smallest absolute Gasteiger partial charge is 0.261 e. The minimum Gasteiger partial charge on any atom is -0.481 e. The Hall–Kier alpha value is -2.20. The monoisotopic (exact) mass is 346 g/mol. The van der Waals surface area contributed by atoms with Crippen molar-refractivity contribution in [2.24, 2.45) is 0 Å². The third kappa shape index (κ3) is 5.46. The van der Waals surface area contributed by atoms with Crippen LogP contribution in [0.25, 0.3) is 0 Å². The lowest BCUT2D eigenvalue weighted by atomic mass is 10.2. The highest BCUT2D eigenvalue weighted by molar-refractivity contribution is 6.30. The summed E-state index contributed by atoms with van der Waals surface area (Å²) in [6.07, 6.45) is 0.0675. The zero-order chi connectivity index (χ0) is 17.4. The number of amides is 1. The molecule has 0 radical (unpaired) electrons. The molecule has 0 spiro atoms. The first-order valence-electron chi connectivity index (χ1n) is 8.06. The van der Waals surface area contributed by atoms with E-state index in [0.29, 0.717) is 23.7 Å². The van der Waals surface area contributed by atoms with Crippen molar-refractivity contribution in [2.45, 2.75) is 19.4 Å². The van der Waals surface area contributed by atoms with Crippen LogP contribution in [0.4, 0.5) is 5.69 Å². The Morgan fingerprint density at radius 1 is 1.21 bits per heavy atom. The van der Waals surface area contributed by atoms with Crippen molar-refractivity contribution in [3.8, 4) is 5.75 Å². The molecule has 2 rings (SSSR count). The number of carbonyl (C=O) groups excluding carboxylic acids is 1. The van der Waals surface area contributed by atoms with E-state index in [-0.39, 0.29) is 5.91 Å². The van der Waals surface area contributed by atoms with E-state index in [9.17, 15) is 4.79 Å². The summed E-state index contributed by atoms with van der Waals surface area (Å²) in [6, 6.07) is 17.1. The van der Waals surface area contributed by atoms with Crippen LogP contribution in [0.5, 0.6) is 5.75 Å². The summed E-state index contributed by atoms with van der Waals surface area (Å²) in [5.41, 5.74) is 1.12. The molecule has 0 bridgehead atoms. The van der Waals surface area contributed by atoms with Gasteiger partial charge in [-0.2, -0.15) is 0 Å². The molecule has 1 unspecified atom stereocenters. The van der Waals surface area contributed by atoms with Crippen molar-refractivity contribution >= 4 is 23.2 Å². The lowest BCUT2D eigenvalue weighted by molar-refractivity contribution is -0.128. The van der Waals surface area contributed by atoms with Crippen molar-refractivity contribution in [1.29, 1.82) is 0 Å². The third-order valence-electron chi connectivity index (χ3n) is 3.68. The molecule has 0 aliphatic rings. The lowest BCUT2D eigenvalue weighted by Gasteiger charge is -2.21. The van der Waals surface area contributed by atoms with Crippen LogP contribution in [0, 0.1) is 0 Å². The summed E-state index contributed by atoms with van der Waals surface area (Å²) in [7, 11) is 2.00. The number of carbonyl (C=O) groups is 1. The molecule has 24 heavy (non-hydrogen) atoms. The lowest BCUT2D eigenvalue weighted by Crippen LogP contribution is -2.41. The predicted molar refractivity (Wildman–Crippen MR) is 98.9 cm³/mol. The van der Waals surface area contributed by atoms with E-state index in [1.807, 2.05) is 44.3 Å². The Kier molecular flexibility index (Phi) is 6.94. The molecular weight excluding hydrogens is 324 g/mol. The van der Waals surface area contributed by atoms with Gasteiger partial charge in [0, 0.05) is 30.8 Å². The fraction of sp³-hybridized carbons (Fsp3) is 0.316. The van der Waals surface area contributed by atoms with Gasteiger partial charge in [-0.25, -0.2) is 0 Å². The van der Waals surface area contributed by atoms with Crippen LogP contribution in [0.2, 0.25) is 5.02 Å². The van der Waals surface area contributed by atoms with E-state index in [2.05, 4.69) is 10.2 Å². The molecule has 0 heterocycles. The molecule has 128 valence electrons. The van der Waals surface area contributed by atoms with Crippen LogP contribution >= 0.6 is 11.6 Å². The maximum absolute atomic E-state index is 12.3.